The number of carbonyl (C=O) groups is 1. The van der Waals surface area contributed by atoms with Gasteiger partial charge >= 0.3 is 0 Å². The average Bonchev–Trinajstić information content (AvgIpc) is 3.25. The molecule has 2 aliphatic rings. The quantitative estimate of drug-likeness (QED) is 0.626. The molecule has 2 aromatic carbocycles. The number of aryl methyl sites for hydroxylation is 1. The smallest absolute Gasteiger partial charge is 0.243 e. The number of nitrogens with one attached hydrogen (secondary N) is 1. The molecule has 2 aromatic rings. The summed E-state index contributed by atoms with van der Waals surface area (Å²) in [5.74, 6) is 0.0310. The maximum atomic E-state index is 12.7. The van der Waals surface area contributed by atoms with E-state index >= 15 is 0 Å². The van der Waals surface area contributed by atoms with Crippen LogP contribution in [0, 0.1) is 0 Å². The van der Waals surface area contributed by atoms with Crippen LogP contribution in [0.3, 0.4) is 0 Å². The summed E-state index contributed by atoms with van der Waals surface area (Å²) in [6.07, 6.45) is 5.84. The van der Waals surface area contributed by atoms with Gasteiger partial charge in [-0.2, -0.15) is 4.31 Å². The summed E-state index contributed by atoms with van der Waals surface area (Å²) in [6.45, 7) is 1.20. The van der Waals surface area contributed by atoms with Crippen molar-refractivity contribution in [3.05, 3.63) is 64.1 Å². The molecule has 1 amide bonds. The highest BCUT2D eigenvalue weighted by Gasteiger charge is 2.39. The molecule has 1 saturated heterocycles. The van der Waals surface area contributed by atoms with Gasteiger partial charge in [-0.25, -0.2) is 8.42 Å². The van der Waals surface area contributed by atoms with E-state index in [0.717, 1.165) is 47.7 Å². The van der Waals surface area contributed by atoms with Gasteiger partial charge in [0, 0.05) is 24.0 Å². The van der Waals surface area contributed by atoms with Crippen LogP contribution in [0.15, 0.2) is 57.9 Å². The third-order valence-corrected chi connectivity index (χ3v) is 8.64. The lowest BCUT2D eigenvalue weighted by Gasteiger charge is -2.43. The van der Waals surface area contributed by atoms with Gasteiger partial charge in [0.15, 0.2) is 0 Å². The van der Waals surface area contributed by atoms with Gasteiger partial charge in [0.1, 0.15) is 0 Å². The summed E-state index contributed by atoms with van der Waals surface area (Å²) in [5, 5.41) is 3.25. The number of halogens is 1. The molecule has 1 heterocycles. The summed E-state index contributed by atoms with van der Waals surface area (Å²) in [6, 6.07) is 15.1. The van der Waals surface area contributed by atoms with Gasteiger partial charge in [-0.05, 0) is 73.9 Å². The molecule has 2 fully saturated rings. The van der Waals surface area contributed by atoms with E-state index in [1.807, 2.05) is 24.3 Å². The zero-order chi connectivity index (χ0) is 21.2. The normalized spacial score (nSPS) is 18.7. The minimum Gasteiger partial charge on any atom is -0.347 e. The molecule has 1 N–H and O–H groups in total. The van der Waals surface area contributed by atoms with Crippen molar-refractivity contribution in [3.8, 4) is 0 Å². The second-order valence-corrected chi connectivity index (χ2v) is 11.1. The van der Waals surface area contributed by atoms with Crippen molar-refractivity contribution in [2.24, 2.45) is 0 Å². The highest BCUT2D eigenvalue weighted by molar-refractivity contribution is 9.10. The second-order valence-electron chi connectivity index (χ2n) is 8.25. The predicted molar refractivity (Wildman–Crippen MR) is 121 cm³/mol. The molecule has 4 rings (SSSR count). The van der Waals surface area contributed by atoms with E-state index in [-0.39, 0.29) is 11.4 Å². The van der Waals surface area contributed by atoms with E-state index in [4.69, 9.17) is 0 Å². The summed E-state index contributed by atoms with van der Waals surface area (Å²) in [5.41, 5.74) is 1.86. The molecule has 5 nitrogen and oxygen atoms in total. The minimum absolute atomic E-state index is 0.0310. The molecule has 160 valence electrons. The van der Waals surface area contributed by atoms with E-state index in [0.29, 0.717) is 30.8 Å². The van der Waals surface area contributed by atoms with Crippen LogP contribution in [0.25, 0.3) is 0 Å². The monoisotopic (exact) mass is 490 g/mol. The molecule has 0 radical (unpaired) electrons. The van der Waals surface area contributed by atoms with Gasteiger partial charge in [0.05, 0.1) is 10.4 Å². The van der Waals surface area contributed by atoms with E-state index in [1.165, 1.54) is 0 Å². The van der Waals surface area contributed by atoms with Crippen molar-refractivity contribution in [1.82, 2.24) is 9.62 Å². The van der Waals surface area contributed by atoms with Crippen molar-refractivity contribution in [1.29, 1.82) is 0 Å². The van der Waals surface area contributed by atoms with Crippen LogP contribution in [0.1, 0.15) is 49.7 Å². The molecular formula is C23H27BrN2O3S. The number of benzene rings is 2. The average molecular weight is 491 g/mol. The van der Waals surface area contributed by atoms with Gasteiger partial charge in [0.25, 0.3) is 0 Å². The van der Waals surface area contributed by atoms with Gasteiger partial charge < -0.3 is 5.32 Å². The zero-order valence-electron chi connectivity index (χ0n) is 16.9. The number of hydrogen-bond donors (Lipinski definition) is 1. The molecule has 1 aliphatic carbocycles. The lowest BCUT2D eigenvalue weighted by atomic mass is 9.71. The predicted octanol–water partition coefficient (Wildman–Crippen LogP) is 4.36. The first-order chi connectivity index (χ1) is 14.4. The fraction of sp³-hybridized carbons (Fsp3) is 0.435. The third-order valence-electron chi connectivity index (χ3n) is 6.23. The first-order valence-electron chi connectivity index (χ1n) is 10.6. The summed E-state index contributed by atoms with van der Waals surface area (Å²) < 4.78 is 27.8. The number of nitrogens with zero attached hydrogens (tertiary/aromatic N) is 1. The Bertz CT molecular complexity index is 1010. The largest absolute Gasteiger partial charge is 0.347 e. The van der Waals surface area contributed by atoms with Gasteiger partial charge in [0.2, 0.25) is 15.9 Å². The Morgan fingerprint density at radius 2 is 1.73 bits per heavy atom. The van der Waals surface area contributed by atoms with Crippen molar-refractivity contribution in [2.45, 2.75) is 55.4 Å². The van der Waals surface area contributed by atoms with Gasteiger partial charge in [-0.3, -0.25) is 4.79 Å². The lowest BCUT2D eigenvalue weighted by molar-refractivity contribution is -0.124. The molecule has 30 heavy (non-hydrogen) atoms. The zero-order valence-corrected chi connectivity index (χ0v) is 19.3. The molecule has 0 unspecified atom stereocenters. The number of amides is 1. The maximum Gasteiger partial charge on any atom is 0.243 e. The Hall–Kier alpha value is -1.70. The van der Waals surface area contributed by atoms with Crippen LogP contribution < -0.4 is 5.32 Å². The van der Waals surface area contributed by atoms with Crippen LogP contribution in [0.4, 0.5) is 0 Å². The first kappa shape index (κ1) is 21.5. The molecule has 7 heteroatoms. The van der Waals surface area contributed by atoms with E-state index in [2.05, 4.69) is 33.4 Å². The Morgan fingerprint density at radius 3 is 2.33 bits per heavy atom. The van der Waals surface area contributed by atoms with Crippen LogP contribution in [-0.2, 0) is 26.8 Å². The van der Waals surface area contributed by atoms with Gasteiger partial charge in [-0.15, -0.1) is 0 Å². The molecular weight excluding hydrogens is 464 g/mol. The Labute approximate surface area is 187 Å². The Kier molecular flexibility index (Phi) is 6.32. The number of sulfonamides is 1. The SMILES string of the molecule is O=C(CCc1ccc(S(=O)(=O)N2CCCC2)cc1)NC1(c2cccc(Br)c2)CCC1. The summed E-state index contributed by atoms with van der Waals surface area (Å²) in [7, 11) is -3.39. The van der Waals surface area contributed by atoms with E-state index in [9.17, 15) is 13.2 Å². The van der Waals surface area contributed by atoms with Crippen LogP contribution in [0.2, 0.25) is 0 Å². The number of carbonyl (C=O) groups excluding carboxylic acids is 1. The third kappa shape index (κ3) is 4.48. The maximum absolute atomic E-state index is 12.7. The van der Waals surface area contributed by atoms with Crippen molar-refractivity contribution in [2.75, 3.05) is 13.1 Å². The number of rotatable bonds is 7. The van der Waals surface area contributed by atoms with Crippen molar-refractivity contribution in [3.63, 3.8) is 0 Å². The molecule has 1 saturated carbocycles. The molecule has 0 atom stereocenters. The molecule has 0 bridgehead atoms. The van der Waals surface area contributed by atoms with Crippen LogP contribution in [0.5, 0.6) is 0 Å². The van der Waals surface area contributed by atoms with Crippen molar-refractivity contribution < 1.29 is 13.2 Å². The second kappa shape index (κ2) is 8.81. The highest BCUT2D eigenvalue weighted by Crippen LogP contribution is 2.42. The Balaban J connectivity index is 1.36. The molecule has 0 spiro atoms. The van der Waals surface area contributed by atoms with Crippen LogP contribution >= 0.6 is 15.9 Å². The fourth-order valence-electron chi connectivity index (χ4n) is 4.30. The highest BCUT2D eigenvalue weighted by atomic mass is 79.9. The lowest BCUT2D eigenvalue weighted by Crippen LogP contribution is -2.50. The molecule has 1 aliphatic heterocycles. The van der Waals surface area contributed by atoms with E-state index < -0.39 is 10.0 Å². The van der Waals surface area contributed by atoms with Crippen LogP contribution in [-0.4, -0.2) is 31.7 Å². The summed E-state index contributed by atoms with van der Waals surface area (Å²) >= 11 is 3.52. The van der Waals surface area contributed by atoms with E-state index in [1.54, 1.807) is 16.4 Å². The van der Waals surface area contributed by atoms with Crippen molar-refractivity contribution >= 4 is 31.9 Å². The summed E-state index contributed by atoms with van der Waals surface area (Å²) in [4.78, 5) is 13.0. The standard InChI is InChI=1S/C23H27BrN2O3S/c24-20-6-3-5-19(17-20)23(13-4-14-23)25-22(27)12-9-18-7-10-21(11-8-18)30(28,29)26-15-1-2-16-26/h3,5-8,10-11,17H,1-2,4,9,12-16H2,(H,25,27). The number of hydrogen-bond acceptors (Lipinski definition) is 3. The first-order valence-corrected chi connectivity index (χ1v) is 12.8. The van der Waals surface area contributed by atoms with Gasteiger partial charge in [-0.1, -0.05) is 40.2 Å². The minimum atomic E-state index is -3.39. The molecule has 0 aromatic heterocycles. The topological polar surface area (TPSA) is 66.5 Å². The fourth-order valence-corrected chi connectivity index (χ4v) is 6.21. The Morgan fingerprint density at radius 1 is 1.03 bits per heavy atom.